The molecule has 5 atom stereocenters. The molecule has 1 saturated heterocycles. The van der Waals surface area contributed by atoms with Gasteiger partial charge in [-0.1, -0.05) is 13.8 Å². The minimum atomic E-state index is -3.79. The molecule has 192 valence electrons. The zero-order valence-electron chi connectivity index (χ0n) is 20.5. The lowest BCUT2D eigenvalue weighted by atomic mass is 9.43. The molecule has 4 aliphatic carbocycles. The molecule has 1 aromatic carbocycles. The molecule has 4 N–H and O–H groups in total. The molecule has 35 heavy (non-hydrogen) atoms. The molecule has 1 aliphatic heterocycles. The molecular weight excluding hydrogens is 468 g/mol. The predicted octanol–water partition coefficient (Wildman–Crippen LogP) is 3.46. The number of anilines is 1. The number of carbonyl (C=O) groups is 2. The maximum atomic E-state index is 13.1. The number of urea groups is 1. The van der Waals surface area contributed by atoms with E-state index in [-0.39, 0.29) is 23.0 Å². The average Bonchev–Trinajstić information content (AvgIpc) is 2.76. The Bertz CT molecular complexity index is 1100. The van der Waals surface area contributed by atoms with Crippen LogP contribution in [0.5, 0.6) is 0 Å². The van der Waals surface area contributed by atoms with Crippen LogP contribution in [0.2, 0.25) is 0 Å². The molecular formula is C25H36N4O5S. The molecule has 4 bridgehead atoms. The molecule has 6 rings (SSSR count). The molecule has 4 saturated carbocycles. The van der Waals surface area contributed by atoms with Crippen LogP contribution in [0.3, 0.4) is 0 Å². The zero-order chi connectivity index (χ0) is 25.1. The van der Waals surface area contributed by atoms with Crippen molar-refractivity contribution in [3.63, 3.8) is 0 Å². The summed E-state index contributed by atoms with van der Waals surface area (Å²) in [5.41, 5.74) is 2.57. The topological polar surface area (TPSA) is 128 Å². The lowest BCUT2D eigenvalue weighted by Gasteiger charge is -2.65. The molecule has 1 aromatic rings. The van der Waals surface area contributed by atoms with Gasteiger partial charge in [0.2, 0.25) is 15.9 Å². The first kappa shape index (κ1) is 24.5. The van der Waals surface area contributed by atoms with Crippen LogP contribution in [-0.4, -0.2) is 48.5 Å². The summed E-state index contributed by atoms with van der Waals surface area (Å²) < 4.78 is 27.4. The Morgan fingerprint density at radius 3 is 2.29 bits per heavy atom. The number of amides is 3. The quantitative estimate of drug-likeness (QED) is 0.361. The average molecular weight is 505 g/mol. The zero-order valence-corrected chi connectivity index (χ0v) is 21.3. The van der Waals surface area contributed by atoms with Gasteiger partial charge >= 0.3 is 6.03 Å². The van der Waals surface area contributed by atoms with Gasteiger partial charge in [-0.3, -0.25) is 10.0 Å². The van der Waals surface area contributed by atoms with Crippen molar-refractivity contribution >= 4 is 27.6 Å². The van der Waals surface area contributed by atoms with Gasteiger partial charge in [0.25, 0.3) is 0 Å². The molecule has 9 nitrogen and oxygen atoms in total. The number of hydrogen-bond donors (Lipinski definition) is 4. The lowest BCUT2D eigenvalue weighted by Crippen LogP contribution is -2.65. The summed E-state index contributed by atoms with van der Waals surface area (Å²) in [6, 6.07) is 5.90. The van der Waals surface area contributed by atoms with E-state index in [1.54, 1.807) is 17.6 Å². The maximum Gasteiger partial charge on any atom is 0.319 e. The fourth-order valence-electron chi connectivity index (χ4n) is 8.32. The van der Waals surface area contributed by atoms with Crippen LogP contribution in [0.1, 0.15) is 65.2 Å². The fourth-order valence-corrected chi connectivity index (χ4v) is 9.84. The van der Waals surface area contributed by atoms with E-state index in [1.165, 1.54) is 35.7 Å². The first-order chi connectivity index (χ1) is 16.4. The van der Waals surface area contributed by atoms with E-state index in [0.29, 0.717) is 41.8 Å². The SMILES string of the molecule is C[C@]12CC3CC(NC(=O)Nc4ccc(S(=O)(=O)N5CCC[C@H](C(=O)NO)C5)cc4)(C1)C[C@@](C)(C3)C2. The summed E-state index contributed by atoms with van der Waals surface area (Å²) in [5, 5.41) is 15.1. The number of hydroxylamine groups is 1. The van der Waals surface area contributed by atoms with Gasteiger partial charge in [0, 0.05) is 24.3 Å². The summed E-state index contributed by atoms with van der Waals surface area (Å²) in [6.45, 7) is 5.08. The molecule has 5 fully saturated rings. The Hall–Kier alpha value is -2.17. The molecule has 1 heterocycles. The third-order valence-corrected chi connectivity index (χ3v) is 10.5. The van der Waals surface area contributed by atoms with Crippen molar-refractivity contribution in [3.8, 4) is 0 Å². The highest BCUT2D eigenvalue weighted by atomic mass is 32.2. The van der Waals surface area contributed by atoms with Crippen LogP contribution in [0, 0.1) is 22.7 Å². The van der Waals surface area contributed by atoms with Crippen LogP contribution in [-0.2, 0) is 14.8 Å². The first-order valence-corrected chi connectivity index (χ1v) is 14.0. The predicted molar refractivity (Wildman–Crippen MR) is 130 cm³/mol. The highest BCUT2D eigenvalue weighted by molar-refractivity contribution is 7.89. The van der Waals surface area contributed by atoms with Crippen LogP contribution in [0.4, 0.5) is 10.5 Å². The van der Waals surface area contributed by atoms with Gasteiger partial charge in [-0.25, -0.2) is 18.7 Å². The highest BCUT2D eigenvalue weighted by Gasteiger charge is 2.60. The number of carbonyl (C=O) groups excluding carboxylic acids is 2. The van der Waals surface area contributed by atoms with E-state index in [1.807, 2.05) is 0 Å². The van der Waals surface area contributed by atoms with Crippen LogP contribution >= 0.6 is 0 Å². The lowest BCUT2D eigenvalue weighted by molar-refractivity contribution is -0.134. The van der Waals surface area contributed by atoms with E-state index in [2.05, 4.69) is 24.5 Å². The summed E-state index contributed by atoms with van der Waals surface area (Å²) in [5.74, 6) is -0.483. The van der Waals surface area contributed by atoms with Crippen molar-refractivity contribution in [2.75, 3.05) is 18.4 Å². The molecule has 0 aromatic heterocycles. The third kappa shape index (κ3) is 4.68. The molecule has 0 radical (unpaired) electrons. The van der Waals surface area contributed by atoms with Crippen molar-refractivity contribution in [3.05, 3.63) is 24.3 Å². The minimum absolute atomic E-state index is 0.0258. The normalized spacial score (nSPS) is 36.5. The number of sulfonamides is 1. The van der Waals surface area contributed by atoms with Crippen molar-refractivity contribution in [2.24, 2.45) is 22.7 Å². The Morgan fingerprint density at radius 2 is 1.69 bits per heavy atom. The van der Waals surface area contributed by atoms with Gasteiger partial charge < -0.3 is 10.6 Å². The molecule has 3 amide bonds. The molecule has 10 heteroatoms. The fraction of sp³-hybridized carbons (Fsp3) is 0.680. The highest BCUT2D eigenvalue weighted by Crippen LogP contribution is 2.66. The first-order valence-electron chi connectivity index (χ1n) is 12.6. The Kier molecular flexibility index (Phi) is 5.92. The number of nitrogens with one attached hydrogen (secondary N) is 3. The van der Waals surface area contributed by atoms with E-state index >= 15 is 0 Å². The second-order valence-electron chi connectivity index (χ2n) is 12.2. The molecule has 0 spiro atoms. The van der Waals surface area contributed by atoms with Gasteiger partial charge in [-0.2, -0.15) is 4.31 Å². The summed E-state index contributed by atoms with van der Waals surface area (Å²) in [6.07, 6.45) is 7.88. The smallest absolute Gasteiger partial charge is 0.319 e. The number of rotatable bonds is 5. The maximum absolute atomic E-state index is 13.1. The van der Waals surface area contributed by atoms with Crippen molar-refractivity contribution in [2.45, 2.75) is 75.6 Å². The second-order valence-corrected chi connectivity index (χ2v) is 14.1. The van der Waals surface area contributed by atoms with Crippen LogP contribution in [0.25, 0.3) is 0 Å². The minimum Gasteiger partial charge on any atom is -0.332 e. The van der Waals surface area contributed by atoms with Crippen LogP contribution < -0.4 is 16.1 Å². The Balaban J connectivity index is 1.23. The van der Waals surface area contributed by atoms with Crippen molar-refractivity contribution in [1.82, 2.24) is 15.1 Å². The Labute approximate surface area is 207 Å². The number of benzene rings is 1. The van der Waals surface area contributed by atoms with Gasteiger partial charge in [-0.15, -0.1) is 0 Å². The number of piperidine rings is 1. The van der Waals surface area contributed by atoms with E-state index in [9.17, 15) is 18.0 Å². The second kappa shape index (κ2) is 8.45. The number of nitrogens with zero attached hydrogens (tertiary/aromatic N) is 1. The summed E-state index contributed by atoms with van der Waals surface area (Å²) >= 11 is 0. The monoisotopic (exact) mass is 504 g/mol. The van der Waals surface area contributed by atoms with Crippen molar-refractivity contribution < 1.29 is 23.2 Å². The molecule has 5 aliphatic rings. The van der Waals surface area contributed by atoms with Gasteiger partial charge in [0.1, 0.15) is 0 Å². The molecule has 2 unspecified atom stereocenters. The van der Waals surface area contributed by atoms with E-state index < -0.39 is 21.8 Å². The van der Waals surface area contributed by atoms with Gasteiger partial charge in [0.15, 0.2) is 0 Å². The van der Waals surface area contributed by atoms with Crippen molar-refractivity contribution in [1.29, 1.82) is 0 Å². The van der Waals surface area contributed by atoms with E-state index in [0.717, 1.165) is 19.3 Å². The summed E-state index contributed by atoms with van der Waals surface area (Å²) in [7, 11) is -3.79. The standard InChI is InChI=1S/C25H36N4O5S/c1-23-10-17-11-24(2,14-23)16-25(12-17,15-23)27-22(31)26-19-5-7-20(8-6-19)35(33,34)29-9-3-4-18(13-29)21(30)28-32/h5-8,17-18,32H,3-4,9-16H2,1-2H3,(H,28,30)(H2,26,27,31)/t17?,18-,23-,24+,25?/m0/s1. The summed E-state index contributed by atoms with van der Waals surface area (Å²) in [4.78, 5) is 24.8. The largest absolute Gasteiger partial charge is 0.332 e. The van der Waals surface area contributed by atoms with E-state index in [4.69, 9.17) is 5.21 Å². The Morgan fingerprint density at radius 1 is 1.03 bits per heavy atom. The van der Waals surface area contributed by atoms with Crippen LogP contribution in [0.15, 0.2) is 29.2 Å². The van der Waals surface area contributed by atoms with Gasteiger partial charge in [-0.05, 0) is 92.4 Å². The third-order valence-electron chi connectivity index (χ3n) is 8.62. The van der Waals surface area contributed by atoms with Gasteiger partial charge in [0.05, 0.1) is 10.8 Å². The number of hydrogen-bond acceptors (Lipinski definition) is 5.